The lowest BCUT2D eigenvalue weighted by Crippen LogP contribution is -2.62. The third-order valence-electron chi connectivity index (χ3n) is 7.27. The van der Waals surface area contributed by atoms with Gasteiger partial charge in [-0.25, -0.2) is 4.42 Å². The van der Waals surface area contributed by atoms with E-state index >= 15 is 0 Å². The number of aliphatic hydroxyl groups excluding tert-OH is 5. The fraction of sp³-hybridized carbons (Fsp3) is 0.444. The summed E-state index contributed by atoms with van der Waals surface area (Å²) in [5.41, 5.74) is -0.153. The first-order valence-electron chi connectivity index (χ1n) is 13.0. The summed E-state index contributed by atoms with van der Waals surface area (Å²) in [6.07, 6.45) is -12.9. The summed E-state index contributed by atoms with van der Waals surface area (Å²) in [5.74, 6) is -6.23. The van der Waals surface area contributed by atoms with Crippen LogP contribution in [0.25, 0.3) is 22.3 Å². The first kappa shape index (κ1) is 30.7. The van der Waals surface area contributed by atoms with Gasteiger partial charge < -0.3 is 75.1 Å². The van der Waals surface area contributed by atoms with Crippen molar-refractivity contribution in [1.29, 1.82) is 0 Å². The second kappa shape index (κ2) is 11.4. The van der Waals surface area contributed by atoms with Crippen molar-refractivity contribution in [3.8, 4) is 45.8 Å². The lowest BCUT2D eigenvalue weighted by atomic mass is 9.98. The number of phenolic OH excluding ortho intramolecular Hbond substituents is 5. The Hall–Kier alpha value is -3.71. The number of aliphatic hydroxyl groups is 6. The standard InChI is InChI=1S/C27H30O16/c1-9-20(34)22(36)23(37)26(40-9)39-8-27(38)19(33)7-16(32)25(43-27)42-18-6-12-13(29)4-11(28)5-17(12)41-24(18)10-2-14(30)21(35)15(31)3-10/h2-6,9,16,19-20,22-23,25-26,32-34,36-38H,7-8H2,1H3,(H4-,28,29,30,31,35)/p+1/t9?,16?,19-,20-,22-,23?,25+,26+,27?/m0/s1. The third-order valence-corrected chi connectivity index (χ3v) is 7.27. The van der Waals surface area contributed by atoms with Crippen molar-refractivity contribution in [1.82, 2.24) is 0 Å². The molecule has 2 saturated heterocycles. The van der Waals surface area contributed by atoms with E-state index in [1.54, 1.807) is 0 Å². The maximum Gasteiger partial charge on any atom is 0.402 e. The van der Waals surface area contributed by atoms with E-state index in [-0.39, 0.29) is 33.8 Å². The van der Waals surface area contributed by atoms with E-state index in [4.69, 9.17) is 23.4 Å². The van der Waals surface area contributed by atoms with Crippen LogP contribution < -0.4 is 4.74 Å². The van der Waals surface area contributed by atoms with Crippen LogP contribution in [0.1, 0.15) is 13.3 Å². The second-order valence-electron chi connectivity index (χ2n) is 10.4. The molecule has 43 heavy (non-hydrogen) atoms. The van der Waals surface area contributed by atoms with Gasteiger partial charge in [0, 0.05) is 30.7 Å². The highest BCUT2D eigenvalue weighted by molar-refractivity contribution is 5.88. The van der Waals surface area contributed by atoms with Gasteiger partial charge in [0.2, 0.25) is 17.8 Å². The molecule has 0 aliphatic carbocycles. The van der Waals surface area contributed by atoms with Crippen molar-refractivity contribution in [2.75, 3.05) is 6.61 Å². The maximum atomic E-state index is 11.1. The number of hydrogen-bond donors (Lipinski definition) is 11. The van der Waals surface area contributed by atoms with Crippen LogP contribution in [0.15, 0.2) is 34.7 Å². The third kappa shape index (κ3) is 5.79. The van der Waals surface area contributed by atoms with E-state index in [1.807, 2.05) is 0 Å². The van der Waals surface area contributed by atoms with Crippen LogP contribution in [-0.2, 0) is 14.2 Å². The summed E-state index contributed by atoms with van der Waals surface area (Å²) >= 11 is 0. The highest BCUT2D eigenvalue weighted by Crippen LogP contribution is 2.45. The largest absolute Gasteiger partial charge is 0.507 e. The van der Waals surface area contributed by atoms with E-state index < -0.39 is 91.0 Å². The number of benzene rings is 2. The first-order valence-corrected chi connectivity index (χ1v) is 13.0. The fourth-order valence-electron chi connectivity index (χ4n) is 4.80. The molecule has 2 aromatic carbocycles. The fourth-order valence-corrected chi connectivity index (χ4v) is 4.80. The zero-order chi connectivity index (χ0) is 31.4. The molecule has 0 saturated carbocycles. The van der Waals surface area contributed by atoms with Crippen LogP contribution in [0.2, 0.25) is 0 Å². The molecule has 2 fully saturated rings. The number of fused-ring (bicyclic) bond motifs is 1. The minimum Gasteiger partial charge on any atom is -0.507 e. The molecule has 3 aromatic rings. The van der Waals surface area contributed by atoms with E-state index in [0.29, 0.717) is 0 Å². The lowest BCUT2D eigenvalue weighted by Gasteiger charge is -2.44. The van der Waals surface area contributed by atoms with Gasteiger partial charge in [-0.05, 0) is 6.92 Å². The van der Waals surface area contributed by atoms with Gasteiger partial charge in [-0.2, -0.15) is 0 Å². The van der Waals surface area contributed by atoms with Crippen molar-refractivity contribution in [2.24, 2.45) is 0 Å². The molecule has 0 spiro atoms. The minimum atomic E-state index is -2.58. The molecule has 0 radical (unpaired) electrons. The molecule has 16 nitrogen and oxygen atoms in total. The Morgan fingerprint density at radius 3 is 2.21 bits per heavy atom. The molecule has 234 valence electrons. The van der Waals surface area contributed by atoms with Gasteiger partial charge in [0.25, 0.3) is 0 Å². The topological polar surface area (TPSA) is 271 Å². The summed E-state index contributed by atoms with van der Waals surface area (Å²) in [4.78, 5) is 0. The molecule has 5 rings (SSSR count). The summed E-state index contributed by atoms with van der Waals surface area (Å²) in [7, 11) is 0. The van der Waals surface area contributed by atoms with Crippen molar-refractivity contribution in [2.45, 2.75) is 68.3 Å². The average molecular weight is 612 g/mol. The smallest absolute Gasteiger partial charge is 0.402 e. The molecule has 0 amide bonds. The molecule has 4 unspecified atom stereocenters. The zero-order valence-corrected chi connectivity index (χ0v) is 22.4. The van der Waals surface area contributed by atoms with Crippen LogP contribution in [0.3, 0.4) is 0 Å². The van der Waals surface area contributed by atoms with Gasteiger partial charge in [-0.15, -0.1) is 0 Å². The molecule has 0 bridgehead atoms. The number of rotatable bonds is 6. The van der Waals surface area contributed by atoms with Gasteiger partial charge in [0.05, 0.1) is 17.7 Å². The Morgan fingerprint density at radius 2 is 1.53 bits per heavy atom. The normalized spacial score (nSPS) is 33.0. The van der Waals surface area contributed by atoms with Gasteiger partial charge in [0.15, 0.2) is 23.5 Å². The molecular weight excluding hydrogens is 580 g/mol. The van der Waals surface area contributed by atoms with Gasteiger partial charge in [-0.3, -0.25) is 0 Å². The summed E-state index contributed by atoms with van der Waals surface area (Å²) in [5, 5.41) is 113. The molecule has 16 heteroatoms. The van der Waals surface area contributed by atoms with Crippen LogP contribution in [0.4, 0.5) is 0 Å². The Balaban J connectivity index is 1.46. The molecule has 1 aromatic heterocycles. The predicted molar refractivity (Wildman–Crippen MR) is 140 cm³/mol. The highest BCUT2D eigenvalue weighted by atomic mass is 16.8. The number of aromatic hydroxyl groups is 5. The molecule has 2 aliphatic heterocycles. The number of ether oxygens (including phenoxy) is 4. The van der Waals surface area contributed by atoms with Gasteiger partial charge in [0.1, 0.15) is 54.0 Å². The highest BCUT2D eigenvalue weighted by Gasteiger charge is 2.51. The minimum absolute atomic E-state index is 0.00556. The number of phenols is 5. The second-order valence-corrected chi connectivity index (χ2v) is 10.4. The molecule has 9 atom stereocenters. The van der Waals surface area contributed by atoms with Crippen LogP contribution in [-0.4, -0.2) is 118 Å². The average Bonchev–Trinajstić information content (AvgIpc) is 2.94. The first-order chi connectivity index (χ1) is 20.2. The zero-order valence-electron chi connectivity index (χ0n) is 22.4. The molecule has 3 heterocycles. The summed E-state index contributed by atoms with van der Waals surface area (Å²) in [6, 6.07) is 5.38. The molecule has 2 aliphatic rings. The van der Waals surface area contributed by atoms with Crippen LogP contribution in [0.5, 0.6) is 34.5 Å². The van der Waals surface area contributed by atoms with E-state index in [2.05, 4.69) is 0 Å². The van der Waals surface area contributed by atoms with Crippen molar-refractivity contribution >= 4 is 11.0 Å². The van der Waals surface area contributed by atoms with E-state index in [1.165, 1.54) is 13.0 Å². The predicted octanol–water partition coefficient (Wildman–Crippen LogP) is -0.711. The monoisotopic (exact) mass is 611 g/mol. The van der Waals surface area contributed by atoms with Gasteiger partial charge >= 0.3 is 11.3 Å². The molecular formula is C27H31O16+. The maximum absolute atomic E-state index is 11.1. The van der Waals surface area contributed by atoms with Crippen LogP contribution >= 0.6 is 0 Å². The lowest BCUT2D eigenvalue weighted by molar-refractivity contribution is -0.383. The SMILES string of the molecule is CC1O[C@@H](OCC2(O)O[C@@H](Oc3cc4c(O)cc(O)cc4[o+]c3-c3cc(O)c(O)c(O)c3)C(O)C[C@@H]2O)C(O)[C@@H](O)[C@H]1O. The van der Waals surface area contributed by atoms with Gasteiger partial charge in [-0.1, -0.05) is 0 Å². The Morgan fingerprint density at radius 1 is 0.860 bits per heavy atom. The Bertz CT molecular complexity index is 1470. The Kier molecular flexibility index (Phi) is 8.16. The van der Waals surface area contributed by atoms with E-state index in [9.17, 15) is 56.2 Å². The summed E-state index contributed by atoms with van der Waals surface area (Å²) in [6.45, 7) is 0.544. The molecule has 11 N–H and O–H groups in total. The summed E-state index contributed by atoms with van der Waals surface area (Å²) < 4.78 is 27.8. The van der Waals surface area contributed by atoms with E-state index in [0.717, 1.165) is 24.3 Å². The van der Waals surface area contributed by atoms with Crippen molar-refractivity contribution in [3.05, 3.63) is 30.3 Å². The Labute approximate surface area is 242 Å². The van der Waals surface area contributed by atoms with Crippen molar-refractivity contribution < 1.29 is 79.5 Å². The number of hydrogen-bond acceptors (Lipinski definition) is 15. The van der Waals surface area contributed by atoms with Crippen LogP contribution in [0, 0.1) is 0 Å². The quantitative estimate of drug-likeness (QED) is 0.121. The van der Waals surface area contributed by atoms with Crippen molar-refractivity contribution in [3.63, 3.8) is 0 Å².